The van der Waals surface area contributed by atoms with Gasteiger partial charge in [0.05, 0.1) is 18.7 Å². The van der Waals surface area contributed by atoms with Crippen LogP contribution in [-0.2, 0) is 6.54 Å². The molecule has 1 aromatic carbocycles. The highest BCUT2D eigenvalue weighted by Crippen LogP contribution is 2.36. The van der Waals surface area contributed by atoms with Crippen LogP contribution in [0.1, 0.15) is 32.8 Å². The zero-order valence-electron chi connectivity index (χ0n) is 12.5. The first-order chi connectivity index (χ1) is 8.93. The Morgan fingerprint density at radius 3 is 2.42 bits per heavy atom. The quantitative estimate of drug-likeness (QED) is 0.820. The molecule has 0 fully saturated rings. The lowest BCUT2D eigenvalue weighted by Crippen LogP contribution is -2.28. The summed E-state index contributed by atoms with van der Waals surface area (Å²) in [5.74, 6) is 1.49. The van der Waals surface area contributed by atoms with Gasteiger partial charge in [-0.3, -0.25) is 0 Å². The molecule has 0 amide bonds. The van der Waals surface area contributed by atoms with E-state index in [4.69, 9.17) is 9.47 Å². The smallest absolute Gasteiger partial charge is 0.174 e. The Hall–Kier alpha value is -0.740. The van der Waals surface area contributed by atoms with Gasteiger partial charge in [-0.1, -0.05) is 20.8 Å². The molecule has 0 spiro atoms. The molecule has 19 heavy (non-hydrogen) atoms. The van der Waals surface area contributed by atoms with Gasteiger partial charge in [0.15, 0.2) is 11.5 Å². The van der Waals surface area contributed by atoms with E-state index >= 15 is 0 Å². The molecule has 0 aromatic heterocycles. The molecular weight excluding hydrogens is 306 g/mol. The molecule has 0 saturated carbocycles. The Balaban J connectivity index is 2.72. The second kappa shape index (κ2) is 7.15. The summed E-state index contributed by atoms with van der Waals surface area (Å²) >= 11 is 3.51. The van der Waals surface area contributed by atoms with Crippen LogP contribution in [0.5, 0.6) is 11.5 Å². The highest BCUT2D eigenvalue weighted by atomic mass is 79.9. The summed E-state index contributed by atoms with van der Waals surface area (Å²) in [4.78, 5) is 0. The van der Waals surface area contributed by atoms with Crippen LogP contribution in [0.15, 0.2) is 16.6 Å². The van der Waals surface area contributed by atoms with Crippen LogP contribution < -0.4 is 14.8 Å². The monoisotopic (exact) mass is 329 g/mol. The number of nitrogens with one attached hydrogen (secondary N) is 1. The van der Waals surface area contributed by atoms with Crippen LogP contribution in [0.2, 0.25) is 0 Å². The molecule has 3 nitrogen and oxygen atoms in total. The van der Waals surface area contributed by atoms with Crippen molar-refractivity contribution in [3.8, 4) is 11.5 Å². The summed E-state index contributed by atoms with van der Waals surface area (Å²) < 4.78 is 11.6. The summed E-state index contributed by atoms with van der Waals surface area (Å²) in [6.45, 7) is 8.57. The Morgan fingerprint density at radius 2 is 1.89 bits per heavy atom. The number of rotatable bonds is 7. The minimum Gasteiger partial charge on any atom is -0.493 e. The molecule has 1 rings (SSSR count). The summed E-state index contributed by atoms with van der Waals surface area (Å²) in [5.41, 5.74) is 1.50. The Labute approximate surface area is 124 Å². The minimum absolute atomic E-state index is 0.327. The van der Waals surface area contributed by atoms with E-state index in [1.807, 2.05) is 6.07 Å². The largest absolute Gasteiger partial charge is 0.493 e. The Bertz CT molecular complexity index is 419. The van der Waals surface area contributed by atoms with Gasteiger partial charge in [-0.05, 0) is 45.5 Å². The fourth-order valence-corrected chi connectivity index (χ4v) is 2.39. The fourth-order valence-electron chi connectivity index (χ4n) is 1.74. The predicted molar refractivity (Wildman–Crippen MR) is 83.0 cm³/mol. The number of hydrogen-bond acceptors (Lipinski definition) is 3. The maximum absolute atomic E-state index is 5.34. The molecule has 1 N–H and O–H groups in total. The summed E-state index contributed by atoms with van der Waals surface area (Å²) in [7, 11) is 3.30. The lowest BCUT2D eigenvalue weighted by Gasteiger charge is -2.23. The average Bonchev–Trinajstić information content (AvgIpc) is 2.37. The maximum Gasteiger partial charge on any atom is 0.174 e. The highest BCUT2D eigenvalue weighted by molar-refractivity contribution is 9.10. The lowest BCUT2D eigenvalue weighted by atomic mass is 9.90. The van der Waals surface area contributed by atoms with Crippen molar-refractivity contribution >= 4 is 15.9 Å². The first kappa shape index (κ1) is 16.3. The van der Waals surface area contributed by atoms with Gasteiger partial charge >= 0.3 is 0 Å². The molecule has 0 aliphatic carbocycles. The maximum atomic E-state index is 5.34. The van der Waals surface area contributed by atoms with Gasteiger partial charge in [0.1, 0.15) is 0 Å². The van der Waals surface area contributed by atoms with E-state index in [2.05, 4.69) is 48.1 Å². The Morgan fingerprint density at radius 1 is 1.21 bits per heavy atom. The van der Waals surface area contributed by atoms with Gasteiger partial charge in [0.25, 0.3) is 0 Å². The second-order valence-corrected chi connectivity index (χ2v) is 6.29. The van der Waals surface area contributed by atoms with E-state index in [1.54, 1.807) is 14.2 Å². The molecule has 0 unspecified atom stereocenters. The molecule has 0 saturated heterocycles. The first-order valence-electron chi connectivity index (χ1n) is 6.54. The van der Waals surface area contributed by atoms with Gasteiger partial charge in [0.2, 0.25) is 0 Å². The van der Waals surface area contributed by atoms with E-state index in [-0.39, 0.29) is 0 Å². The molecule has 0 aliphatic heterocycles. The van der Waals surface area contributed by atoms with Crippen LogP contribution in [-0.4, -0.2) is 20.8 Å². The van der Waals surface area contributed by atoms with Crippen molar-refractivity contribution in [2.24, 2.45) is 5.41 Å². The molecule has 0 aliphatic rings. The van der Waals surface area contributed by atoms with Crippen molar-refractivity contribution in [3.63, 3.8) is 0 Å². The normalized spacial score (nSPS) is 11.5. The molecule has 0 atom stereocenters. The zero-order valence-corrected chi connectivity index (χ0v) is 14.1. The number of hydrogen-bond donors (Lipinski definition) is 1. The van der Waals surface area contributed by atoms with Crippen LogP contribution >= 0.6 is 15.9 Å². The summed E-state index contributed by atoms with van der Waals surface area (Å²) in [6.07, 6.45) is 1.16. The predicted octanol–water partition coefficient (Wildman–Crippen LogP) is 3.99. The van der Waals surface area contributed by atoms with E-state index < -0.39 is 0 Å². The van der Waals surface area contributed by atoms with Gasteiger partial charge in [-0.15, -0.1) is 0 Å². The van der Waals surface area contributed by atoms with Crippen molar-refractivity contribution in [1.82, 2.24) is 5.32 Å². The number of ether oxygens (including phenoxy) is 2. The summed E-state index contributed by atoms with van der Waals surface area (Å²) in [6, 6.07) is 4.07. The zero-order chi connectivity index (χ0) is 14.5. The van der Waals surface area contributed by atoms with E-state index in [0.29, 0.717) is 5.41 Å². The van der Waals surface area contributed by atoms with Crippen LogP contribution in [0.4, 0.5) is 0 Å². The summed E-state index contributed by atoms with van der Waals surface area (Å²) in [5, 5.41) is 3.49. The van der Waals surface area contributed by atoms with Crippen LogP contribution in [0.25, 0.3) is 0 Å². The van der Waals surface area contributed by atoms with E-state index in [0.717, 1.165) is 35.5 Å². The third kappa shape index (κ3) is 4.69. The topological polar surface area (TPSA) is 30.5 Å². The van der Waals surface area contributed by atoms with Gasteiger partial charge in [0, 0.05) is 13.1 Å². The SMILES string of the molecule is CCC(C)(C)CNCc1cc(Br)c(OC)c(OC)c1. The highest BCUT2D eigenvalue weighted by Gasteiger charge is 2.15. The Kier molecular flexibility index (Phi) is 6.14. The van der Waals surface area contributed by atoms with Gasteiger partial charge in [-0.25, -0.2) is 0 Å². The second-order valence-electron chi connectivity index (χ2n) is 5.43. The molecule has 1 aromatic rings. The third-order valence-corrected chi connectivity index (χ3v) is 3.97. The van der Waals surface area contributed by atoms with Crippen molar-refractivity contribution in [3.05, 3.63) is 22.2 Å². The minimum atomic E-state index is 0.327. The first-order valence-corrected chi connectivity index (χ1v) is 7.34. The number of benzene rings is 1. The van der Waals surface area contributed by atoms with Crippen LogP contribution in [0.3, 0.4) is 0 Å². The fraction of sp³-hybridized carbons (Fsp3) is 0.600. The lowest BCUT2D eigenvalue weighted by molar-refractivity contribution is 0.327. The molecule has 0 radical (unpaired) electrons. The van der Waals surface area contributed by atoms with E-state index in [9.17, 15) is 0 Å². The number of halogens is 1. The standard InChI is InChI=1S/C15H24BrNO2/c1-6-15(2,3)10-17-9-11-7-12(16)14(19-5)13(8-11)18-4/h7-8,17H,6,9-10H2,1-5H3. The van der Waals surface area contributed by atoms with Gasteiger partial charge < -0.3 is 14.8 Å². The van der Waals surface area contributed by atoms with Crippen molar-refractivity contribution < 1.29 is 9.47 Å². The van der Waals surface area contributed by atoms with Crippen molar-refractivity contribution in [1.29, 1.82) is 0 Å². The average molecular weight is 330 g/mol. The van der Waals surface area contributed by atoms with Gasteiger partial charge in [-0.2, -0.15) is 0 Å². The van der Waals surface area contributed by atoms with Crippen LogP contribution in [0, 0.1) is 5.41 Å². The molecule has 0 bridgehead atoms. The van der Waals surface area contributed by atoms with E-state index in [1.165, 1.54) is 5.56 Å². The number of methoxy groups -OCH3 is 2. The molecule has 0 heterocycles. The third-order valence-electron chi connectivity index (χ3n) is 3.38. The molecule has 108 valence electrons. The van der Waals surface area contributed by atoms with Crippen molar-refractivity contribution in [2.75, 3.05) is 20.8 Å². The molecular formula is C15H24BrNO2. The van der Waals surface area contributed by atoms with Crippen molar-refractivity contribution in [2.45, 2.75) is 33.7 Å². The molecule has 4 heteroatoms.